The van der Waals surface area contributed by atoms with Gasteiger partial charge in [-0.2, -0.15) is 0 Å². The van der Waals surface area contributed by atoms with Crippen LogP contribution in [0.1, 0.15) is 40.7 Å². The molecule has 0 saturated carbocycles. The molecule has 0 nitrogen and oxygen atoms in total. The minimum Gasteiger partial charge on any atom is -0.0622 e. The van der Waals surface area contributed by atoms with Gasteiger partial charge in [0.15, 0.2) is 0 Å². The first kappa shape index (κ1) is 23.0. The highest BCUT2D eigenvalue weighted by Gasteiger charge is 2.37. The zero-order valence-electron chi connectivity index (χ0n) is 21.1. The summed E-state index contributed by atoms with van der Waals surface area (Å²) in [5.41, 5.74) is 11.9. The Morgan fingerprint density at radius 3 is 1.11 bits per heavy atom. The van der Waals surface area contributed by atoms with E-state index in [1.807, 2.05) is 0 Å². The lowest BCUT2D eigenvalue weighted by molar-refractivity contribution is 0.671. The Hall–Kier alpha value is -4.42. The van der Waals surface area contributed by atoms with E-state index >= 15 is 0 Å². The van der Waals surface area contributed by atoms with Crippen LogP contribution in [0.3, 0.4) is 0 Å². The molecule has 5 aromatic carbocycles. The van der Waals surface area contributed by atoms with Crippen molar-refractivity contribution < 1.29 is 0 Å². The Bertz CT molecular complexity index is 1530. The molecule has 0 unspecified atom stereocenters. The van der Waals surface area contributed by atoms with Gasteiger partial charge in [0.05, 0.1) is 0 Å². The summed E-state index contributed by atoms with van der Waals surface area (Å²) < 4.78 is 0. The highest BCUT2D eigenvalue weighted by molar-refractivity contribution is 6.24. The second kappa shape index (κ2) is 10.3. The van der Waals surface area contributed by atoms with Crippen molar-refractivity contribution in [2.45, 2.75) is 12.8 Å². The Morgan fingerprint density at radius 1 is 0.351 bits per heavy atom. The molecule has 37 heavy (non-hydrogen) atoms. The van der Waals surface area contributed by atoms with Gasteiger partial charge in [0.25, 0.3) is 0 Å². The number of hydrogen-bond donors (Lipinski definition) is 0. The van der Waals surface area contributed by atoms with Crippen LogP contribution in [0.25, 0.3) is 22.3 Å². The highest BCUT2D eigenvalue weighted by atomic mass is 14.4. The van der Waals surface area contributed by atoms with Crippen molar-refractivity contribution in [2.75, 3.05) is 0 Å². The molecule has 0 N–H and O–H groups in total. The zero-order valence-corrected chi connectivity index (χ0v) is 21.1. The maximum Gasteiger partial charge on any atom is 0.0168 e. The fourth-order valence-electron chi connectivity index (χ4n) is 5.96. The molecular formula is C37H30. The van der Waals surface area contributed by atoms with Gasteiger partial charge in [0.2, 0.25) is 0 Å². The maximum absolute atomic E-state index is 2.41. The van der Waals surface area contributed by atoms with Gasteiger partial charge in [0.1, 0.15) is 0 Å². The molecule has 1 aliphatic carbocycles. The zero-order chi connectivity index (χ0) is 25.0. The van der Waals surface area contributed by atoms with Crippen molar-refractivity contribution >= 4 is 22.3 Å². The lowest BCUT2D eigenvalue weighted by atomic mass is 9.64. The fourth-order valence-corrected chi connectivity index (χ4v) is 5.96. The van der Waals surface area contributed by atoms with Crippen LogP contribution in [-0.4, -0.2) is 0 Å². The average Bonchev–Trinajstić information content (AvgIpc) is 2.98. The van der Waals surface area contributed by atoms with E-state index in [-0.39, 0.29) is 11.8 Å². The van der Waals surface area contributed by atoms with Crippen LogP contribution in [0.2, 0.25) is 0 Å². The van der Waals surface area contributed by atoms with E-state index in [9.17, 15) is 0 Å². The monoisotopic (exact) mass is 474 g/mol. The first-order valence-electron chi connectivity index (χ1n) is 13.1. The SMILES string of the molecule is C[C@H]1C(c2ccccc2)=C(c2ccccc2)C(c2ccccc2)=C(c2ccccc2)[C@H]1c1ccccc1. The molecule has 6 rings (SSSR count). The maximum atomic E-state index is 2.41. The lowest BCUT2D eigenvalue weighted by Gasteiger charge is -2.39. The smallest absolute Gasteiger partial charge is 0.0168 e. The number of rotatable bonds is 5. The largest absolute Gasteiger partial charge is 0.0622 e. The van der Waals surface area contributed by atoms with E-state index in [4.69, 9.17) is 0 Å². The molecule has 2 atom stereocenters. The van der Waals surface area contributed by atoms with E-state index in [2.05, 4.69) is 159 Å². The lowest BCUT2D eigenvalue weighted by Crippen LogP contribution is -2.21. The van der Waals surface area contributed by atoms with E-state index in [0.29, 0.717) is 0 Å². The third-order valence-corrected chi connectivity index (χ3v) is 7.51. The van der Waals surface area contributed by atoms with Gasteiger partial charge in [-0.15, -0.1) is 0 Å². The van der Waals surface area contributed by atoms with Gasteiger partial charge in [-0.25, -0.2) is 0 Å². The summed E-state index contributed by atoms with van der Waals surface area (Å²) in [4.78, 5) is 0. The molecular weight excluding hydrogens is 444 g/mol. The molecule has 0 aliphatic heterocycles. The van der Waals surface area contributed by atoms with Gasteiger partial charge in [-0.1, -0.05) is 159 Å². The highest BCUT2D eigenvalue weighted by Crippen LogP contribution is 2.56. The van der Waals surface area contributed by atoms with Crippen LogP contribution >= 0.6 is 0 Å². The van der Waals surface area contributed by atoms with Gasteiger partial charge in [-0.05, 0) is 56.0 Å². The minimum absolute atomic E-state index is 0.210. The predicted octanol–water partition coefficient (Wildman–Crippen LogP) is 9.64. The molecule has 178 valence electrons. The van der Waals surface area contributed by atoms with Gasteiger partial charge in [0, 0.05) is 5.92 Å². The molecule has 0 fully saturated rings. The molecule has 0 heterocycles. The van der Waals surface area contributed by atoms with Crippen molar-refractivity contribution in [3.05, 3.63) is 179 Å². The average molecular weight is 475 g/mol. The summed E-state index contributed by atoms with van der Waals surface area (Å²) in [7, 11) is 0. The van der Waals surface area contributed by atoms with Crippen molar-refractivity contribution in [1.82, 2.24) is 0 Å². The Kier molecular flexibility index (Phi) is 6.40. The summed E-state index contributed by atoms with van der Waals surface area (Å²) in [5, 5.41) is 0. The number of benzene rings is 5. The van der Waals surface area contributed by atoms with Crippen molar-refractivity contribution in [1.29, 1.82) is 0 Å². The van der Waals surface area contributed by atoms with Crippen molar-refractivity contribution in [3.63, 3.8) is 0 Å². The molecule has 0 amide bonds. The summed E-state index contributed by atoms with van der Waals surface area (Å²) >= 11 is 0. The van der Waals surface area contributed by atoms with E-state index in [0.717, 1.165) is 0 Å². The molecule has 0 radical (unpaired) electrons. The molecule has 0 heteroatoms. The molecule has 0 bridgehead atoms. The summed E-state index contributed by atoms with van der Waals surface area (Å²) in [6, 6.07) is 54.9. The van der Waals surface area contributed by atoms with Crippen LogP contribution in [0, 0.1) is 5.92 Å². The van der Waals surface area contributed by atoms with Crippen molar-refractivity contribution in [2.24, 2.45) is 5.92 Å². The second-order valence-electron chi connectivity index (χ2n) is 9.72. The van der Waals surface area contributed by atoms with Crippen LogP contribution in [-0.2, 0) is 0 Å². The molecule has 0 aromatic heterocycles. The summed E-state index contributed by atoms with van der Waals surface area (Å²) in [6.07, 6.45) is 0. The van der Waals surface area contributed by atoms with E-state index in [1.165, 1.54) is 50.1 Å². The normalized spacial score (nSPS) is 17.6. The Balaban J connectivity index is 1.79. The molecule has 0 spiro atoms. The standard InChI is InChI=1S/C37H30/c1-27-33(28-17-7-2-8-18-28)35(30-21-11-4-12-22-30)37(32-25-15-6-16-26-32)36(31-23-13-5-14-24-31)34(27)29-19-9-3-10-20-29/h2-27,33H,1H3/t27-,33-/m1/s1. The molecule has 0 saturated heterocycles. The quantitative estimate of drug-likeness (QED) is 0.238. The van der Waals surface area contributed by atoms with Crippen LogP contribution in [0.5, 0.6) is 0 Å². The van der Waals surface area contributed by atoms with Crippen molar-refractivity contribution in [3.8, 4) is 0 Å². The van der Waals surface area contributed by atoms with Crippen LogP contribution in [0.4, 0.5) is 0 Å². The molecule has 1 aliphatic rings. The first-order chi connectivity index (χ1) is 18.3. The number of hydrogen-bond acceptors (Lipinski definition) is 0. The first-order valence-corrected chi connectivity index (χ1v) is 13.1. The second-order valence-corrected chi connectivity index (χ2v) is 9.72. The summed E-state index contributed by atoms with van der Waals surface area (Å²) in [5.74, 6) is 0.476. The third kappa shape index (κ3) is 4.36. The topological polar surface area (TPSA) is 0 Å². The van der Waals surface area contributed by atoms with Gasteiger partial charge >= 0.3 is 0 Å². The minimum atomic E-state index is 0.210. The van der Waals surface area contributed by atoms with E-state index in [1.54, 1.807) is 0 Å². The summed E-state index contributed by atoms with van der Waals surface area (Å²) in [6.45, 7) is 2.41. The number of allylic oxidation sites excluding steroid dienone is 4. The Labute approximate surface area is 220 Å². The van der Waals surface area contributed by atoms with Gasteiger partial charge < -0.3 is 0 Å². The van der Waals surface area contributed by atoms with E-state index < -0.39 is 0 Å². The van der Waals surface area contributed by atoms with Crippen LogP contribution in [0.15, 0.2) is 152 Å². The predicted molar refractivity (Wildman–Crippen MR) is 158 cm³/mol. The van der Waals surface area contributed by atoms with Gasteiger partial charge in [-0.3, -0.25) is 0 Å². The Morgan fingerprint density at radius 2 is 0.676 bits per heavy atom. The molecule has 5 aromatic rings. The van der Waals surface area contributed by atoms with Crippen LogP contribution < -0.4 is 0 Å². The third-order valence-electron chi connectivity index (χ3n) is 7.51. The fraction of sp³-hybridized carbons (Fsp3) is 0.0811.